The summed E-state index contributed by atoms with van der Waals surface area (Å²) in [6.45, 7) is 0. The van der Waals surface area contributed by atoms with Gasteiger partial charge < -0.3 is 0 Å². The van der Waals surface area contributed by atoms with Gasteiger partial charge in [0.05, 0.1) is 0 Å². The highest BCUT2D eigenvalue weighted by molar-refractivity contribution is 6.01. The van der Waals surface area contributed by atoms with Gasteiger partial charge in [-0.05, 0) is 30.0 Å². The molecule has 17 heavy (non-hydrogen) atoms. The lowest BCUT2D eigenvalue weighted by Crippen LogP contribution is -2.38. The molecular formula is C14H14N2O. The molecule has 3 nitrogen and oxygen atoms in total. The van der Waals surface area contributed by atoms with Crippen LogP contribution >= 0.6 is 0 Å². The summed E-state index contributed by atoms with van der Waals surface area (Å²) in [5, 5.41) is 0. The molecule has 3 aliphatic carbocycles. The highest BCUT2D eigenvalue weighted by Gasteiger charge is 2.22. The van der Waals surface area contributed by atoms with Crippen LogP contribution in [-0.4, -0.2) is 11.9 Å². The van der Waals surface area contributed by atoms with Gasteiger partial charge in [0.15, 0.2) is 0 Å². The first-order valence-electron chi connectivity index (χ1n) is 5.88. The summed E-state index contributed by atoms with van der Waals surface area (Å²) in [5.74, 6) is -0.0573. The molecule has 0 heterocycles. The molecule has 3 aliphatic rings. The molecule has 3 rings (SSSR count). The molecule has 2 N–H and O–H groups in total. The highest BCUT2D eigenvalue weighted by atomic mass is 16.2. The van der Waals surface area contributed by atoms with Crippen molar-refractivity contribution in [2.45, 2.75) is 18.9 Å². The third-order valence-corrected chi connectivity index (χ3v) is 3.00. The third kappa shape index (κ3) is 2.15. The molecule has 0 unspecified atom stereocenters. The maximum atomic E-state index is 12.0. The van der Waals surface area contributed by atoms with Crippen LogP contribution in [0.2, 0.25) is 0 Å². The third-order valence-electron chi connectivity index (χ3n) is 3.00. The number of nitrogens with one attached hydrogen (secondary N) is 2. The molecule has 0 atom stereocenters. The normalized spacial score (nSPS) is 14.8. The number of hydrogen-bond donors (Lipinski definition) is 2. The number of fused-ring (bicyclic) bond motifs is 1. The van der Waals surface area contributed by atoms with Gasteiger partial charge in [-0.25, -0.2) is 5.43 Å². The molecule has 1 saturated carbocycles. The zero-order chi connectivity index (χ0) is 11.7. The molecule has 0 saturated heterocycles. The summed E-state index contributed by atoms with van der Waals surface area (Å²) in [7, 11) is 0. The molecule has 0 aromatic rings. The Balaban J connectivity index is 1.83. The fourth-order valence-electron chi connectivity index (χ4n) is 1.88. The lowest BCUT2D eigenvalue weighted by molar-refractivity contribution is 0.0933. The number of carbonyl (C=O) groups excluding carboxylic acids is 1. The molecule has 0 bridgehead atoms. The Morgan fingerprint density at radius 3 is 2.71 bits per heavy atom. The monoisotopic (exact) mass is 226 g/mol. The molecule has 0 spiro atoms. The van der Waals surface area contributed by atoms with Gasteiger partial charge in [-0.2, -0.15) is 0 Å². The smallest absolute Gasteiger partial charge is 0.266 e. The number of carbonyl (C=O) groups is 1. The maximum Gasteiger partial charge on any atom is 0.266 e. The second-order valence-corrected chi connectivity index (χ2v) is 4.40. The van der Waals surface area contributed by atoms with Crippen molar-refractivity contribution in [2.75, 3.05) is 0 Å². The van der Waals surface area contributed by atoms with Gasteiger partial charge in [-0.15, -0.1) is 0 Å². The van der Waals surface area contributed by atoms with E-state index in [-0.39, 0.29) is 5.91 Å². The van der Waals surface area contributed by atoms with Crippen LogP contribution in [0.25, 0.3) is 11.1 Å². The van der Waals surface area contributed by atoms with E-state index >= 15 is 0 Å². The van der Waals surface area contributed by atoms with Crippen molar-refractivity contribution in [2.24, 2.45) is 0 Å². The lowest BCUT2D eigenvalue weighted by atomic mass is 10.1. The molecular weight excluding hydrogens is 212 g/mol. The van der Waals surface area contributed by atoms with Gasteiger partial charge in [-0.3, -0.25) is 10.2 Å². The van der Waals surface area contributed by atoms with Crippen LogP contribution in [-0.2, 0) is 0 Å². The molecule has 86 valence electrons. The summed E-state index contributed by atoms with van der Waals surface area (Å²) in [5.41, 5.74) is 8.58. The molecule has 1 fully saturated rings. The number of rotatable bonds is 3. The van der Waals surface area contributed by atoms with Crippen LogP contribution in [0.5, 0.6) is 0 Å². The van der Waals surface area contributed by atoms with Gasteiger partial charge in [0.1, 0.15) is 0 Å². The fraction of sp³-hybridized carbons (Fsp3) is 0.214. The lowest BCUT2D eigenvalue weighted by Gasteiger charge is -2.05. The van der Waals surface area contributed by atoms with Crippen LogP contribution in [0.4, 0.5) is 0 Å². The predicted octanol–water partition coefficient (Wildman–Crippen LogP) is 2.19. The van der Waals surface area contributed by atoms with E-state index in [9.17, 15) is 4.79 Å². The van der Waals surface area contributed by atoms with Crippen molar-refractivity contribution >= 4 is 5.91 Å². The number of hydrogen-bond acceptors (Lipinski definition) is 2. The van der Waals surface area contributed by atoms with Crippen LogP contribution in [0, 0.1) is 0 Å². The van der Waals surface area contributed by atoms with E-state index in [1.807, 2.05) is 42.5 Å². The topological polar surface area (TPSA) is 41.1 Å². The Labute approximate surface area is 100 Å². The van der Waals surface area contributed by atoms with Gasteiger partial charge in [0.2, 0.25) is 0 Å². The summed E-state index contributed by atoms with van der Waals surface area (Å²) in [4.78, 5) is 12.0. The fourth-order valence-corrected chi connectivity index (χ4v) is 1.88. The van der Waals surface area contributed by atoms with Crippen LogP contribution in [0.15, 0.2) is 42.5 Å². The summed E-state index contributed by atoms with van der Waals surface area (Å²) in [6, 6.07) is 14.2. The SMILES string of the molecule is O=C(NNC1CC1)c1ccc2cccccc1-2. The second kappa shape index (κ2) is 4.18. The molecule has 1 amide bonds. The van der Waals surface area contributed by atoms with Crippen LogP contribution in [0.3, 0.4) is 0 Å². The summed E-state index contributed by atoms with van der Waals surface area (Å²) >= 11 is 0. The standard InChI is InChI=1S/C14H14N2O/c17-14(16-15-11-7-8-11)13-9-6-10-4-2-1-3-5-12(10)13/h1-6,9,11,15H,7-8H2,(H,16,17). The van der Waals surface area contributed by atoms with Crippen molar-refractivity contribution in [3.8, 4) is 11.1 Å². The second-order valence-electron chi connectivity index (χ2n) is 4.40. The van der Waals surface area contributed by atoms with Crippen molar-refractivity contribution in [3.05, 3.63) is 48.0 Å². The van der Waals surface area contributed by atoms with Crippen molar-refractivity contribution in [3.63, 3.8) is 0 Å². The minimum Gasteiger partial charge on any atom is -0.287 e. The number of hydrazine groups is 1. The van der Waals surface area contributed by atoms with Crippen molar-refractivity contribution in [1.29, 1.82) is 0 Å². The average Bonchev–Trinajstić information content (AvgIpc) is 3.11. The Kier molecular flexibility index (Phi) is 2.53. The largest absolute Gasteiger partial charge is 0.287 e. The van der Waals surface area contributed by atoms with Crippen molar-refractivity contribution in [1.82, 2.24) is 10.9 Å². The van der Waals surface area contributed by atoms with E-state index < -0.39 is 0 Å². The van der Waals surface area contributed by atoms with E-state index in [0.29, 0.717) is 6.04 Å². The molecule has 0 radical (unpaired) electrons. The Bertz CT molecular complexity index is 520. The van der Waals surface area contributed by atoms with Crippen molar-refractivity contribution < 1.29 is 4.79 Å². The first-order chi connectivity index (χ1) is 8.34. The predicted molar refractivity (Wildman–Crippen MR) is 66.7 cm³/mol. The van der Waals surface area contributed by atoms with E-state index in [1.54, 1.807) is 0 Å². The molecule has 0 aliphatic heterocycles. The summed E-state index contributed by atoms with van der Waals surface area (Å²) in [6.07, 6.45) is 2.30. The van der Waals surface area contributed by atoms with Gasteiger partial charge >= 0.3 is 0 Å². The molecule has 0 aromatic carbocycles. The van der Waals surface area contributed by atoms with E-state index in [4.69, 9.17) is 0 Å². The molecule has 0 aromatic heterocycles. The quantitative estimate of drug-likeness (QED) is 0.788. The zero-order valence-corrected chi connectivity index (χ0v) is 9.44. The van der Waals surface area contributed by atoms with Gasteiger partial charge in [0.25, 0.3) is 5.91 Å². The minimum absolute atomic E-state index is 0.0573. The first kappa shape index (κ1) is 10.3. The van der Waals surface area contributed by atoms with E-state index in [1.165, 1.54) is 0 Å². The highest BCUT2D eigenvalue weighted by Crippen LogP contribution is 2.26. The zero-order valence-electron chi connectivity index (χ0n) is 9.44. The van der Waals surface area contributed by atoms with Crippen LogP contribution < -0.4 is 10.9 Å². The Morgan fingerprint density at radius 1 is 1.06 bits per heavy atom. The van der Waals surface area contributed by atoms with E-state index in [0.717, 1.165) is 29.5 Å². The van der Waals surface area contributed by atoms with Gasteiger partial charge in [0, 0.05) is 11.6 Å². The summed E-state index contributed by atoms with van der Waals surface area (Å²) < 4.78 is 0. The minimum atomic E-state index is -0.0573. The average molecular weight is 226 g/mol. The first-order valence-corrected chi connectivity index (χ1v) is 5.88. The Morgan fingerprint density at radius 2 is 1.88 bits per heavy atom. The number of amides is 1. The van der Waals surface area contributed by atoms with Gasteiger partial charge in [-0.1, -0.05) is 36.4 Å². The van der Waals surface area contributed by atoms with E-state index in [2.05, 4.69) is 10.9 Å². The molecule has 3 heteroatoms. The maximum absolute atomic E-state index is 12.0. The Hall–Kier alpha value is -1.87. The van der Waals surface area contributed by atoms with Crippen LogP contribution in [0.1, 0.15) is 23.2 Å².